The van der Waals surface area contributed by atoms with E-state index in [1.54, 1.807) is 0 Å². The summed E-state index contributed by atoms with van der Waals surface area (Å²) in [6.07, 6.45) is 6.75. The molecule has 1 aliphatic carbocycles. The van der Waals surface area contributed by atoms with Gasteiger partial charge in [-0.15, -0.1) is 0 Å². The van der Waals surface area contributed by atoms with Gasteiger partial charge in [0.2, 0.25) is 0 Å². The summed E-state index contributed by atoms with van der Waals surface area (Å²) in [5.41, 5.74) is 6.49. The van der Waals surface area contributed by atoms with Gasteiger partial charge in [-0.05, 0) is 93.1 Å². The number of rotatable bonds is 5. The molecule has 198 valence electrons. The molecule has 0 saturated heterocycles. The number of hydrogen-bond acceptors (Lipinski definition) is 1. The van der Waals surface area contributed by atoms with Gasteiger partial charge in [-0.2, -0.15) is 0 Å². The quantitative estimate of drug-likeness (QED) is 0.205. The highest BCUT2D eigenvalue weighted by atomic mass is 15.1. The Morgan fingerprint density at radius 1 is 0.575 bits per heavy atom. The maximum absolute atomic E-state index is 2.46. The standard InChI is InChI=1S/C39H37N/c1-27(2)28-18-22-33(23-19-28)40(34-24-20-30(21-25-34)29-10-4-3-5-11-29)38-26-32-17-16-31-12-6-7-13-35(31)39(32)37-15-9-8-14-36(37)38/h6-9,12-27,29H,3-5,10-11H2,1-2H3. The van der Waals surface area contributed by atoms with Crippen LogP contribution in [0.4, 0.5) is 17.1 Å². The van der Waals surface area contributed by atoms with E-state index in [2.05, 4.69) is 134 Å². The fourth-order valence-corrected chi connectivity index (χ4v) is 6.81. The molecular weight excluding hydrogens is 482 g/mol. The Morgan fingerprint density at radius 3 is 1.88 bits per heavy atom. The first kappa shape index (κ1) is 24.9. The third-order valence-corrected chi connectivity index (χ3v) is 9.01. The Kier molecular flexibility index (Phi) is 6.52. The number of fused-ring (bicyclic) bond motifs is 5. The van der Waals surface area contributed by atoms with Crippen LogP contribution in [0.25, 0.3) is 32.3 Å². The number of benzene rings is 6. The summed E-state index contributed by atoms with van der Waals surface area (Å²) in [7, 11) is 0. The molecule has 0 heterocycles. The lowest BCUT2D eigenvalue weighted by atomic mass is 9.84. The first-order chi connectivity index (χ1) is 19.7. The van der Waals surface area contributed by atoms with Crippen LogP contribution in [0.1, 0.15) is 68.9 Å². The van der Waals surface area contributed by atoms with E-state index in [4.69, 9.17) is 0 Å². The SMILES string of the molecule is CC(C)c1ccc(N(c2ccc(C3CCCCC3)cc2)c2cc3ccc4ccccc4c3c3ccccc23)cc1. The van der Waals surface area contributed by atoms with Gasteiger partial charge in [-0.3, -0.25) is 0 Å². The van der Waals surface area contributed by atoms with Crippen molar-refractivity contribution in [2.75, 3.05) is 4.90 Å². The zero-order valence-corrected chi connectivity index (χ0v) is 23.6. The van der Waals surface area contributed by atoms with Crippen molar-refractivity contribution in [3.63, 3.8) is 0 Å². The normalized spacial score (nSPS) is 14.4. The average Bonchev–Trinajstić information content (AvgIpc) is 3.02. The summed E-state index contributed by atoms with van der Waals surface area (Å²) in [5, 5.41) is 7.78. The molecule has 0 bridgehead atoms. The van der Waals surface area contributed by atoms with Crippen molar-refractivity contribution in [3.05, 3.63) is 126 Å². The fraction of sp³-hybridized carbons (Fsp3) is 0.231. The van der Waals surface area contributed by atoms with Crippen molar-refractivity contribution in [3.8, 4) is 0 Å². The van der Waals surface area contributed by atoms with Crippen LogP contribution in [0.3, 0.4) is 0 Å². The van der Waals surface area contributed by atoms with Crippen LogP contribution in [0.5, 0.6) is 0 Å². The van der Waals surface area contributed by atoms with Gasteiger partial charge in [-0.1, -0.05) is 118 Å². The van der Waals surface area contributed by atoms with Crippen molar-refractivity contribution >= 4 is 49.4 Å². The van der Waals surface area contributed by atoms with Gasteiger partial charge in [0, 0.05) is 16.8 Å². The number of nitrogens with zero attached hydrogens (tertiary/aromatic N) is 1. The highest BCUT2D eigenvalue weighted by molar-refractivity contribution is 6.23. The number of anilines is 3. The summed E-state index contributed by atoms with van der Waals surface area (Å²) < 4.78 is 0. The fourth-order valence-electron chi connectivity index (χ4n) is 6.81. The molecule has 0 aliphatic heterocycles. The largest absolute Gasteiger partial charge is 0.310 e. The minimum atomic E-state index is 0.507. The molecule has 1 fully saturated rings. The van der Waals surface area contributed by atoms with E-state index in [1.807, 2.05) is 0 Å². The highest BCUT2D eigenvalue weighted by Crippen LogP contribution is 2.44. The number of hydrogen-bond donors (Lipinski definition) is 0. The van der Waals surface area contributed by atoms with Crippen molar-refractivity contribution in [1.82, 2.24) is 0 Å². The van der Waals surface area contributed by atoms with Crippen LogP contribution in [0.15, 0.2) is 115 Å². The second-order valence-corrected chi connectivity index (χ2v) is 11.8. The first-order valence-electron chi connectivity index (χ1n) is 15.0. The minimum Gasteiger partial charge on any atom is -0.310 e. The summed E-state index contributed by atoms with van der Waals surface area (Å²) in [6, 6.07) is 43.3. The predicted octanol–water partition coefficient (Wildman–Crippen LogP) is 11.8. The molecule has 1 aliphatic rings. The molecule has 6 aromatic carbocycles. The van der Waals surface area contributed by atoms with Gasteiger partial charge in [-0.25, -0.2) is 0 Å². The van der Waals surface area contributed by atoms with Crippen LogP contribution in [0.2, 0.25) is 0 Å². The Bertz CT molecular complexity index is 1790. The predicted molar refractivity (Wildman–Crippen MR) is 174 cm³/mol. The molecule has 0 N–H and O–H groups in total. The molecule has 1 nitrogen and oxygen atoms in total. The maximum atomic E-state index is 2.46. The van der Waals surface area contributed by atoms with E-state index in [9.17, 15) is 0 Å². The summed E-state index contributed by atoms with van der Waals surface area (Å²) in [5.74, 6) is 1.21. The maximum Gasteiger partial charge on any atom is 0.0546 e. The smallest absolute Gasteiger partial charge is 0.0546 e. The third kappa shape index (κ3) is 4.44. The second-order valence-electron chi connectivity index (χ2n) is 11.8. The van der Waals surface area contributed by atoms with E-state index in [0.29, 0.717) is 11.8 Å². The summed E-state index contributed by atoms with van der Waals surface area (Å²) in [6.45, 7) is 4.52. The topological polar surface area (TPSA) is 3.24 Å². The molecule has 0 radical (unpaired) electrons. The molecular formula is C39H37N. The molecule has 0 atom stereocenters. The third-order valence-electron chi connectivity index (χ3n) is 9.01. The Morgan fingerprint density at radius 2 is 1.18 bits per heavy atom. The Hall–Kier alpha value is -4.10. The van der Waals surface area contributed by atoms with Crippen LogP contribution in [0, 0.1) is 0 Å². The van der Waals surface area contributed by atoms with Gasteiger partial charge < -0.3 is 4.90 Å². The van der Waals surface area contributed by atoms with E-state index in [0.717, 1.165) is 0 Å². The van der Waals surface area contributed by atoms with Crippen LogP contribution >= 0.6 is 0 Å². The molecule has 1 saturated carbocycles. The molecule has 0 amide bonds. The molecule has 7 rings (SSSR count). The zero-order chi connectivity index (χ0) is 27.1. The lowest BCUT2D eigenvalue weighted by molar-refractivity contribution is 0.443. The van der Waals surface area contributed by atoms with Crippen LogP contribution < -0.4 is 4.90 Å². The van der Waals surface area contributed by atoms with Gasteiger partial charge in [0.25, 0.3) is 0 Å². The van der Waals surface area contributed by atoms with Crippen LogP contribution in [-0.4, -0.2) is 0 Å². The molecule has 1 heteroatoms. The van der Waals surface area contributed by atoms with Crippen molar-refractivity contribution in [2.24, 2.45) is 0 Å². The second kappa shape index (κ2) is 10.5. The molecule has 0 spiro atoms. The highest BCUT2D eigenvalue weighted by Gasteiger charge is 2.20. The van der Waals surface area contributed by atoms with E-state index in [1.165, 1.54) is 92.6 Å². The molecule has 40 heavy (non-hydrogen) atoms. The van der Waals surface area contributed by atoms with Crippen LogP contribution in [-0.2, 0) is 0 Å². The van der Waals surface area contributed by atoms with Gasteiger partial charge in [0.15, 0.2) is 0 Å². The first-order valence-corrected chi connectivity index (χ1v) is 15.0. The molecule has 0 aromatic heterocycles. The summed E-state index contributed by atoms with van der Waals surface area (Å²) >= 11 is 0. The summed E-state index contributed by atoms with van der Waals surface area (Å²) in [4.78, 5) is 2.46. The van der Waals surface area contributed by atoms with Crippen molar-refractivity contribution in [2.45, 2.75) is 57.8 Å². The van der Waals surface area contributed by atoms with Gasteiger partial charge in [0.1, 0.15) is 0 Å². The van der Waals surface area contributed by atoms with E-state index >= 15 is 0 Å². The Labute approximate surface area is 238 Å². The van der Waals surface area contributed by atoms with Gasteiger partial charge >= 0.3 is 0 Å². The van der Waals surface area contributed by atoms with Gasteiger partial charge in [0.05, 0.1) is 5.69 Å². The lowest BCUT2D eigenvalue weighted by Crippen LogP contribution is -2.11. The molecule has 6 aromatic rings. The van der Waals surface area contributed by atoms with Crippen molar-refractivity contribution in [1.29, 1.82) is 0 Å². The molecule has 0 unspecified atom stereocenters. The monoisotopic (exact) mass is 519 g/mol. The van der Waals surface area contributed by atoms with E-state index < -0.39 is 0 Å². The lowest BCUT2D eigenvalue weighted by Gasteiger charge is -2.29. The Balaban J connectivity index is 1.44. The van der Waals surface area contributed by atoms with E-state index in [-0.39, 0.29) is 0 Å². The van der Waals surface area contributed by atoms with Crippen molar-refractivity contribution < 1.29 is 0 Å². The zero-order valence-electron chi connectivity index (χ0n) is 23.6. The minimum absolute atomic E-state index is 0.507. The average molecular weight is 520 g/mol.